The summed E-state index contributed by atoms with van der Waals surface area (Å²) in [5, 5.41) is 2.70. The van der Waals surface area contributed by atoms with Gasteiger partial charge in [-0.05, 0) is 68.6 Å². The smallest absolute Gasteiger partial charge is 0.313 e. The van der Waals surface area contributed by atoms with Gasteiger partial charge in [0.15, 0.2) is 0 Å². The first kappa shape index (κ1) is 24.5. The fraction of sp³-hybridized carbons (Fsp3) is 0.480. The Morgan fingerprint density at radius 2 is 2.06 bits per heavy atom. The van der Waals surface area contributed by atoms with Crippen LogP contribution in [-0.2, 0) is 16.0 Å². The Morgan fingerprint density at radius 3 is 2.79 bits per heavy atom. The number of hydrogen-bond donors (Lipinski definition) is 2. The van der Waals surface area contributed by atoms with E-state index in [0.717, 1.165) is 36.3 Å². The van der Waals surface area contributed by atoms with Crippen molar-refractivity contribution in [1.29, 1.82) is 0 Å². The summed E-state index contributed by atoms with van der Waals surface area (Å²) in [5.41, 5.74) is 8.13. The van der Waals surface area contributed by atoms with Gasteiger partial charge in [0.1, 0.15) is 18.2 Å². The van der Waals surface area contributed by atoms with Crippen molar-refractivity contribution in [3.05, 3.63) is 47.7 Å². The predicted octanol–water partition coefficient (Wildman–Crippen LogP) is 3.10. The highest BCUT2D eigenvalue weighted by Crippen LogP contribution is 2.35. The zero-order valence-corrected chi connectivity index (χ0v) is 20.0. The first-order chi connectivity index (χ1) is 15.8. The number of hydrogen-bond acceptors (Lipinski definition) is 6. The standard InChI is InChI=1S/C25H35N5O3/c1-5-18-13-20(15-27-23(18)26)28-24(31)25(32)30-16-17(2)9-10-22(30)19-7-6-8-21(14-19)33-12-11-29(3)4/h6-8,13-15,17,22H,5,9-12,16H2,1-4H3,(H2,26,27)(H,28,31)/t17-,22+/m0/s1. The van der Waals surface area contributed by atoms with Crippen molar-refractivity contribution in [1.82, 2.24) is 14.8 Å². The molecular weight excluding hydrogens is 418 g/mol. The van der Waals surface area contributed by atoms with Gasteiger partial charge >= 0.3 is 11.8 Å². The van der Waals surface area contributed by atoms with Crippen LogP contribution >= 0.6 is 0 Å². The number of rotatable bonds is 7. The SMILES string of the molecule is CCc1cc(NC(=O)C(=O)N2C[C@@H](C)CC[C@@H]2c2cccc(OCCN(C)C)c2)cnc1N. The van der Waals surface area contributed by atoms with E-state index in [-0.39, 0.29) is 6.04 Å². The third kappa shape index (κ3) is 6.44. The number of carbonyl (C=O) groups excluding carboxylic acids is 2. The lowest BCUT2D eigenvalue weighted by molar-refractivity contribution is -0.146. The first-order valence-electron chi connectivity index (χ1n) is 11.5. The third-order valence-corrected chi connectivity index (χ3v) is 5.96. The van der Waals surface area contributed by atoms with E-state index in [9.17, 15) is 9.59 Å². The Labute approximate surface area is 196 Å². The number of aromatic nitrogens is 1. The Bertz CT molecular complexity index is 978. The summed E-state index contributed by atoms with van der Waals surface area (Å²) < 4.78 is 5.88. The molecule has 0 unspecified atom stereocenters. The number of aryl methyl sites for hydroxylation is 1. The lowest BCUT2D eigenvalue weighted by Crippen LogP contribution is -2.46. The molecule has 2 amide bonds. The van der Waals surface area contributed by atoms with Gasteiger partial charge < -0.3 is 25.6 Å². The number of ether oxygens (including phenoxy) is 1. The molecule has 1 aliphatic rings. The summed E-state index contributed by atoms with van der Waals surface area (Å²) in [4.78, 5) is 33.9. The minimum atomic E-state index is -0.666. The maximum absolute atomic E-state index is 13.2. The van der Waals surface area contributed by atoms with E-state index in [0.29, 0.717) is 37.0 Å². The van der Waals surface area contributed by atoms with Crippen LogP contribution < -0.4 is 15.8 Å². The molecule has 1 fully saturated rings. The highest BCUT2D eigenvalue weighted by Gasteiger charge is 2.34. The number of likely N-dealkylation sites (tertiary alicyclic amines) is 1. The molecule has 1 saturated heterocycles. The number of amides is 2. The van der Waals surface area contributed by atoms with Crippen molar-refractivity contribution >= 4 is 23.3 Å². The number of nitrogens with one attached hydrogen (secondary N) is 1. The molecule has 2 atom stereocenters. The number of anilines is 2. The van der Waals surface area contributed by atoms with E-state index in [1.807, 2.05) is 45.3 Å². The molecule has 0 radical (unpaired) electrons. The predicted molar refractivity (Wildman–Crippen MR) is 130 cm³/mol. The van der Waals surface area contributed by atoms with E-state index < -0.39 is 11.8 Å². The Kier molecular flexibility index (Phi) is 8.27. The minimum absolute atomic E-state index is 0.174. The minimum Gasteiger partial charge on any atom is -0.492 e. The van der Waals surface area contributed by atoms with Crippen LogP contribution in [-0.4, -0.2) is 60.4 Å². The summed E-state index contributed by atoms with van der Waals surface area (Å²) in [6.45, 7) is 5.99. The zero-order valence-electron chi connectivity index (χ0n) is 20.0. The molecule has 1 aromatic carbocycles. The number of pyridine rings is 1. The Morgan fingerprint density at radius 1 is 1.27 bits per heavy atom. The van der Waals surface area contributed by atoms with Gasteiger partial charge in [0, 0.05) is 13.1 Å². The van der Waals surface area contributed by atoms with E-state index in [1.165, 1.54) is 6.20 Å². The van der Waals surface area contributed by atoms with Crippen LogP contribution in [0.4, 0.5) is 11.5 Å². The summed E-state index contributed by atoms with van der Waals surface area (Å²) >= 11 is 0. The number of carbonyl (C=O) groups is 2. The molecule has 1 aromatic heterocycles. The van der Waals surface area contributed by atoms with Crippen LogP contribution in [0.2, 0.25) is 0 Å². The van der Waals surface area contributed by atoms with Gasteiger partial charge in [0.25, 0.3) is 0 Å². The van der Waals surface area contributed by atoms with Crippen molar-refractivity contribution in [2.75, 3.05) is 44.8 Å². The number of nitrogens with two attached hydrogens (primary N) is 1. The van der Waals surface area contributed by atoms with Crippen molar-refractivity contribution < 1.29 is 14.3 Å². The van der Waals surface area contributed by atoms with Gasteiger partial charge in [-0.2, -0.15) is 0 Å². The molecule has 2 heterocycles. The molecule has 3 rings (SSSR count). The summed E-state index contributed by atoms with van der Waals surface area (Å²) in [7, 11) is 4.00. The number of benzene rings is 1. The molecule has 8 heteroatoms. The lowest BCUT2D eigenvalue weighted by Gasteiger charge is -2.38. The second-order valence-corrected chi connectivity index (χ2v) is 8.96. The topological polar surface area (TPSA) is 101 Å². The number of piperidine rings is 1. The second kappa shape index (κ2) is 11.1. The van der Waals surface area contributed by atoms with E-state index in [2.05, 4.69) is 22.1 Å². The van der Waals surface area contributed by atoms with Crippen LogP contribution in [0.25, 0.3) is 0 Å². The molecule has 0 bridgehead atoms. The van der Waals surface area contributed by atoms with Crippen molar-refractivity contribution in [2.45, 2.75) is 39.2 Å². The summed E-state index contributed by atoms with van der Waals surface area (Å²) in [5.74, 6) is 0.313. The maximum Gasteiger partial charge on any atom is 0.313 e. The van der Waals surface area contributed by atoms with Gasteiger partial charge in [0.2, 0.25) is 0 Å². The molecular formula is C25H35N5O3. The average Bonchev–Trinajstić information content (AvgIpc) is 2.79. The van der Waals surface area contributed by atoms with Crippen LogP contribution in [0.15, 0.2) is 36.5 Å². The molecule has 0 aliphatic carbocycles. The molecule has 0 spiro atoms. The van der Waals surface area contributed by atoms with Gasteiger partial charge in [-0.25, -0.2) is 4.98 Å². The molecule has 8 nitrogen and oxygen atoms in total. The first-order valence-corrected chi connectivity index (χ1v) is 11.5. The van der Waals surface area contributed by atoms with Crippen LogP contribution in [0.3, 0.4) is 0 Å². The van der Waals surface area contributed by atoms with Gasteiger partial charge in [-0.15, -0.1) is 0 Å². The largest absolute Gasteiger partial charge is 0.492 e. The van der Waals surface area contributed by atoms with Gasteiger partial charge in [-0.3, -0.25) is 9.59 Å². The van der Waals surface area contributed by atoms with Gasteiger partial charge in [-0.1, -0.05) is 26.0 Å². The molecule has 1 aliphatic heterocycles. The van der Waals surface area contributed by atoms with Crippen molar-refractivity contribution in [3.8, 4) is 5.75 Å². The molecule has 2 aromatic rings. The highest BCUT2D eigenvalue weighted by atomic mass is 16.5. The maximum atomic E-state index is 13.2. The normalized spacial score (nSPS) is 18.3. The fourth-order valence-corrected chi connectivity index (χ4v) is 4.07. The molecule has 0 saturated carbocycles. The monoisotopic (exact) mass is 453 g/mol. The summed E-state index contributed by atoms with van der Waals surface area (Å²) in [6, 6.07) is 9.42. The van der Waals surface area contributed by atoms with Gasteiger partial charge in [0.05, 0.1) is 17.9 Å². The van der Waals surface area contributed by atoms with Crippen LogP contribution in [0.5, 0.6) is 5.75 Å². The van der Waals surface area contributed by atoms with Crippen LogP contribution in [0.1, 0.15) is 43.9 Å². The van der Waals surface area contributed by atoms with E-state index >= 15 is 0 Å². The zero-order chi connectivity index (χ0) is 24.0. The molecule has 3 N–H and O–H groups in total. The molecule has 178 valence electrons. The fourth-order valence-electron chi connectivity index (χ4n) is 4.07. The Balaban J connectivity index is 1.75. The van der Waals surface area contributed by atoms with E-state index in [1.54, 1.807) is 11.0 Å². The number of nitrogen functional groups attached to an aromatic ring is 1. The summed E-state index contributed by atoms with van der Waals surface area (Å²) in [6.07, 6.45) is 3.95. The highest BCUT2D eigenvalue weighted by molar-refractivity contribution is 6.39. The Hall–Kier alpha value is -3.13. The lowest BCUT2D eigenvalue weighted by atomic mass is 9.89. The van der Waals surface area contributed by atoms with Crippen molar-refractivity contribution in [2.24, 2.45) is 5.92 Å². The molecule has 33 heavy (non-hydrogen) atoms. The van der Waals surface area contributed by atoms with Crippen LogP contribution in [0, 0.1) is 5.92 Å². The number of likely N-dealkylation sites (N-methyl/N-ethyl adjacent to an activating group) is 1. The number of nitrogens with zero attached hydrogens (tertiary/aromatic N) is 3. The average molecular weight is 454 g/mol. The quantitative estimate of drug-likeness (QED) is 0.625. The second-order valence-electron chi connectivity index (χ2n) is 8.96. The van der Waals surface area contributed by atoms with Crippen molar-refractivity contribution in [3.63, 3.8) is 0 Å². The van der Waals surface area contributed by atoms with E-state index in [4.69, 9.17) is 10.5 Å². The third-order valence-electron chi connectivity index (χ3n) is 5.96.